The number of nitrogens with zero attached hydrogens (tertiary/aromatic N) is 2. The van der Waals surface area contributed by atoms with E-state index in [9.17, 15) is 10.1 Å². The van der Waals surface area contributed by atoms with E-state index in [2.05, 4.69) is 17.2 Å². The molecule has 6 nitrogen and oxygen atoms in total. The molecule has 2 atom stereocenters. The van der Waals surface area contributed by atoms with Crippen LogP contribution >= 0.6 is 0 Å². The molecule has 0 saturated heterocycles. The second kappa shape index (κ2) is 5.11. The quantitative estimate of drug-likeness (QED) is 0.681. The smallest absolute Gasteiger partial charge is 0.295 e. The molecule has 2 unspecified atom stereocenters. The van der Waals surface area contributed by atoms with Crippen molar-refractivity contribution < 1.29 is 9.34 Å². The molecule has 1 aliphatic carbocycles. The number of oxazole rings is 1. The molecule has 1 N–H and O–H groups in total. The van der Waals surface area contributed by atoms with Gasteiger partial charge in [-0.3, -0.25) is 10.1 Å². The van der Waals surface area contributed by atoms with Gasteiger partial charge in [0.2, 0.25) is 0 Å². The fourth-order valence-electron chi connectivity index (χ4n) is 2.83. The lowest BCUT2D eigenvalue weighted by Crippen LogP contribution is -2.26. The van der Waals surface area contributed by atoms with Gasteiger partial charge in [0, 0.05) is 12.1 Å². The Morgan fingerprint density at radius 2 is 2.30 bits per heavy atom. The molecule has 1 fully saturated rings. The van der Waals surface area contributed by atoms with Gasteiger partial charge in [0.1, 0.15) is 5.52 Å². The highest BCUT2D eigenvalue weighted by atomic mass is 16.6. The van der Waals surface area contributed by atoms with E-state index < -0.39 is 4.92 Å². The van der Waals surface area contributed by atoms with E-state index in [4.69, 9.17) is 4.42 Å². The molecule has 1 heterocycles. The maximum absolute atomic E-state index is 10.7. The van der Waals surface area contributed by atoms with Gasteiger partial charge in [-0.25, -0.2) is 0 Å². The van der Waals surface area contributed by atoms with Gasteiger partial charge in [-0.15, -0.1) is 0 Å². The van der Waals surface area contributed by atoms with Crippen LogP contribution in [0, 0.1) is 16.0 Å². The molecule has 1 saturated carbocycles. The first-order valence-corrected chi connectivity index (χ1v) is 6.93. The van der Waals surface area contributed by atoms with Gasteiger partial charge in [-0.1, -0.05) is 19.8 Å². The molecular weight excluding hydrogens is 258 g/mol. The predicted octanol–water partition coefficient (Wildman–Crippen LogP) is 3.73. The van der Waals surface area contributed by atoms with Crippen molar-refractivity contribution in [3.63, 3.8) is 0 Å². The Balaban J connectivity index is 1.80. The van der Waals surface area contributed by atoms with E-state index >= 15 is 0 Å². The molecular formula is C14H17N3O3. The highest BCUT2D eigenvalue weighted by Gasteiger charge is 2.20. The lowest BCUT2D eigenvalue weighted by atomic mass is 9.87. The van der Waals surface area contributed by atoms with Crippen LogP contribution in [0.25, 0.3) is 11.1 Å². The number of benzene rings is 1. The first kappa shape index (κ1) is 12.9. The SMILES string of the molecule is CC1CCCC(Nc2nc3ccc([N+](=O)[O-])cc3o2)C1. The zero-order chi connectivity index (χ0) is 14.1. The molecule has 1 aromatic heterocycles. The number of aromatic nitrogens is 1. The van der Waals surface area contributed by atoms with Crippen molar-refractivity contribution in [1.29, 1.82) is 0 Å². The Kier molecular flexibility index (Phi) is 3.30. The molecule has 0 amide bonds. The maximum Gasteiger partial charge on any atom is 0.295 e. The third-order valence-electron chi connectivity index (χ3n) is 3.85. The monoisotopic (exact) mass is 275 g/mol. The van der Waals surface area contributed by atoms with Crippen LogP contribution in [0.1, 0.15) is 32.6 Å². The van der Waals surface area contributed by atoms with Gasteiger partial charge in [0.05, 0.1) is 11.0 Å². The number of non-ortho nitro benzene ring substituents is 1. The summed E-state index contributed by atoms with van der Waals surface area (Å²) < 4.78 is 5.57. The highest BCUT2D eigenvalue weighted by molar-refractivity contribution is 5.77. The summed E-state index contributed by atoms with van der Waals surface area (Å²) >= 11 is 0. The molecule has 1 aliphatic rings. The molecule has 0 radical (unpaired) electrons. The Morgan fingerprint density at radius 3 is 3.05 bits per heavy atom. The average molecular weight is 275 g/mol. The van der Waals surface area contributed by atoms with Gasteiger partial charge >= 0.3 is 0 Å². The van der Waals surface area contributed by atoms with E-state index in [-0.39, 0.29) is 5.69 Å². The van der Waals surface area contributed by atoms with Gasteiger partial charge in [0.15, 0.2) is 5.58 Å². The summed E-state index contributed by atoms with van der Waals surface area (Å²) in [5, 5.41) is 14.0. The average Bonchev–Trinajstić information content (AvgIpc) is 2.79. The highest BCUT2D eigenvalue weighted by Crippen LogP contribution is 2.28. The van der Waals surface area contributed by atoms with E-state index in [1.165, 1.54) is 25.0 Å². The van der Waals surface area contributed by atoms with Gasteiger partial charge in [0.25, 0.3) is 11.7 Å². The molecule has 3 rings (SSSR count). The Bertz CT molecular complexity index is 638. The van der Waals surface area contributed by atoms with Crippen molar-refractivity contribution in [3.8, 4) is 0 Å². The fourth-order valence-corrected chi connectivity index (χ4v) is 2.83. The van der Waals surface area contributed by atoms with E-state index in [1.807, 2.05) is 0 Å². The molecule has 0 spiro atoms. The number of hydrogen-bond donors (Lipinski definition) is 1. The standard InChI is InChI=1S/C14H17N3O3/c1-9-3-2-4-10(7-9)15-14-16-12-6-5-11(17(18)19)8-13(12)20-14/h5-6,8-10H,2-4,7H2,1H3,(H,15,16). The first-order chi connectivity index (χ1) is 9.61. The summed E-state index contributed by atoms with van der Waals surface area (Å²) in [7, 11) is 0. The van der Waals surface area contributed by atoms with Crippen LogP contribution in [0.2, 0.25) is 0 Å². The fraction of sp³-hybridized carbons (Fsp3) is 0.500. The number of fused-ring (bicyclic) bond motifs is 1. The first-order valence-electron chi connectivity index (χ1n) is 6.93. The van der Waals surface area contributed by atoms with Crippen molar-refractivity contribution in [2.75, 3.05) is 5.32 Å². The number of hydrogen-bond acceptors (Lipinski definition) is 5. The van der Waals surface area contributed by atoms with Crippen LogP contribution in [0.15, 0.2) is 22.6 Å². The van der Waals surface area contributed by atoms with Crippen molar-refractivity contribution in [2.24, 2.45) is 5.92 Å². The minimum absolute atomic E-state index is 0.0199. The molecule has 2 aromatic rings. The third kappa shape index (κ3) is 2.59. The van der Waals surface area contributed by atoms with Crippen LogP contribution in [-0.2, 0) is 0 Å². The second-order valence-electron chi connectivity index (χ2n) is 5.54. The summed E-state index contributed by atoms with van der Waals surface area (Å²) in [6, 6.07) is 5.31. The predicted molar refractivity (Wildman–Crippen MR) is 75.7 cm³/mol. The van der Waals surface area contributed by atoms with Crippen LogP contribution in [0.3, 0.4) is 0 Å². The van der Waals surface area contributed by atoms with Gasteiger partial charge in [-0.2, -0.15) is 4.98 Å². The normalized spacial score (nSPS) is 22.9. The Hall–Kier alpha value is -2.11. The zero-order valence-corrected chi connectivity index (χ0v) is 11.3. The molecule has 20 heavy (non-hydrogen) atoms. The summed E-state index contributed by atoms with van der Waals surface area (Å²) in [6.45, 7) is 2.25. The van der Waals surface area contributed by atoms with Crippen molar-refractivity contribution in [2.45, 2.75) is 38.6 Å². The van der Waals surface area contributed by atoms with Crippen LogP contribution in [-0.4, -0.2) is 15.9 Å². The Morgan fingerprint density at radius 1 is 1.45 bits per heavy atom. The minimum atomic E-state index is -0.433. The van der Waals surface area contributed by atoms with Crippen molar-refractivity contribution >= 4 is 22.8 Å². The molecule has 1 aromatic carbocycles. The number of nitro groups is 1. The van der Waals surface area contributed by atoms with Gasteiger partial charge < -0.3 is 9.73 Å². The summed E-state index contributed by atoms with van der Waals surface area (Å²) in [6.07, 6.45) is 4.71. The number of anilines is 1. The lowest BCUT2D eigenvalue weighted by Gasteiger charge is -2.26. The third-order valence-corrected chi connectivity index (χ3v) is 3.85. The number of nitrogens with one attached hydrogen (secondary N) is 1. The van der Waals surface area contributed by atoms with Crippen LogP contribution in [0.5, 0.6) is 0 Å². The minimum Gasteiger partial charge on any atom is -0.423 e. The zero-order valence-electron chi connectivity index (χ0n) is 11.3. The van der Waals surface area contributed by atoms with E-state index in [0.717, 1.165) is 12.8 Å². The Labute approximate surface area is 116 Å². The second-order valence-corrected chi connectivity index (χ2v) is 5.54. The molecule has 6 heteroatoms. The molecule has 106 valence electrons. The topological polar surface area (TPSA) is 81.2 Å². The number of nitro benzene ring substituents is 1. The van der Waals surface area contributed by atoms with E-state index in [0.29, 0.717) is 29.1 Å². The molecule has 0 bridgehead atoms. The summed E-state index contributed by atoms with van der Waals surface area (Å²) in [5.41, 5.74) is 1.11. The summed E-state index contributed by atoms with van der Waals surface area (Å²) in [4.78, 5) is 14.6. The van der Waals surface area contributed by atoms with Crippen LogP contribution in [0.4, 0.5) is 11.7 Å². The summed E-state index contributed by atoms with van der Waals surface area (Å²) in [5.74, 6) is 0.715. The van der Waals surface area contributed by atoms with Crippen LogP contribution < -0.4 is 5.32 Å². The maximum atomic E-state index is 10.7. The van der Waals surface area contributed by atoms with Crippen molar-refractivity contribution in [3.05, 3.63) is 28.3 Å². The number of rotatable bonds is 3. The van der Waals surface area contributed by atoms with E-state index in [1.54, 1.807) is 6.07 Å². The largest absolute Gasteiger partial charge is 0.423 e. The lowest BCUT2D eigenvalue weighted by molar-refractivity contribution is -0.384. The molecule has 0 aliphatic heterocycles. The van der Waals surface area contributed by atoms with Crippen molar-refractivity contribution in [1.82, 2.24) is 4.98 Å². The van der Waals surface area contributed by atoms with Gasteiger partial charge in [-0.05, 0) is 24.8 Å².